The lowest BCUT2D eigenvalue weighted by Gasteiger charge is -2.12. The molecule has 2 aromatic rings. The lowest BCUT2D eigenvalue weighted by atomic mass is 10.1. The molecule has 0 aromatic heterocycles. The van der Waals surface area contributed by atoms with Crippen LogP contribution in [0.3, 0.4) is 0 Å². The fourth-order valence-corrected chi connectivity index (χ4v) is 2.11. The van der Waals surface area contributed by atoms with Crippen LogP contribution in [-0.4, -0.2) is 55.1 Å². The Bertz CT molecular complexity index is 721. The number of carboxylic acid groups (broad SMARTS) is 2. The largest absolute Gasteiger partial charge is 0.491 e. The van der Waals surface area contributed by atoms with Gasteiger partial charge < -0.3 is 25.0 Å². The summed E-state index contributed by atoms with van der Waals surface area (Å²) in [5.41, 5.74) is 2.27. The minimum atomic E-state index is -1.82. The van der Waals surface area contributed by atoms with Gasteiger partial charge in [0.25, 0.3) is 0 Å². The lowest BCUT2D eigenvalue weighted by molar-refractivity contribution is -0.159. The normalized spacial score (nSPS) is 9.71. The first-order chi connectivity index (χ1) is 13.6. The summed E-state index contributed by atoms with van der Waals surface area (Å²) in [5, 5.41) is 18.0. The summed E-state index contributed by atoms with van der Waals surface area (Å²) in [6.45, 7) is 7.09. The molecule has 3 N–H and O–H groups in total. The Morgan fingerprint density at radius 1 is 0.929 bits per heavy atom. The van der Waals surface area contributed by atoms with Crippen LogP contribution < -0.4 is 10.1 Å². The summed E-state index contributed by atoms with van der Waals surface area (Å²) < 4.78 is 11.4. The topological polar surface area (TPSA) is 105 Å². The van der Waals surface area contributed by atoms with Gasteiger partial charge in [-0.3, -0.25) is 0 Å². The van der Waals surface area contributed by atoms with E-state index in [1.807, 2.05) is 42.5 Å². The molecule has 0 aliphatic heterocycles. The average Bonchev–Trinajstić information content (AvgIpc) is 2.71. The minimum Gasteiger partial charge on any atom is -0.491 e. The second kappa shape index (κ2) is 14.0. The zero-order valence-electron chi connectivity index (χ0n) is 15.5. The Hall–Kier alpha value is -3.16. The van der Waals surface area contributed by atoms with Crippen LogP contribution >= 0.6 is 0 Å². The minimum absolute atomic E-state index is 0.547. The third kappa shape index (κ3) is 9.51. The molecule has 0 unspecified atom stereocenters. The molecule has 7 heteroatoms. The zero-order valence-corrected chi connectivity index (χ0v) is 15.5. The van der Waals surface area contributed by atoms with Crippen molar-refractivity contribution < 1.29 is 29.3 Å². The van der Waals surface area contributed by atoms with E-state index in [9.17, 15) is 0 Å². The van der Waals surface area contributed by atoms with Crippen LogP contribution in [0.15, 0.2) is 67.3 Å². The monoisotopic (exact) mass is 387 g/mol. The second-order valence-corrected chi connectivity index (χ2v) is 5.43. The number of carboxylic acids is 2. The molecule has 0 saturated carbocycles. The van der Waals surface area contributed by atoms with E-state index < -0.39 is 11.9 Å². The molecule has 0 atom stereocenters. The van der Waals surface area contributed by atoms with Crippen LogP contribution in [0.1, 0.15) is 0 Å². The van der Waals surface area contributed by atoms with Gasteiger partial charge in [-0.05, 0) is 11.6 Å². The molecule has 0 fully saturated rings. The van der Waals surface area contributed by atoms with E-state index in [0.29, 0.717) is 19.8 Å². The quantitative estimate of drug-likeness (QED) is 0.327. The summed E-state index contributed by atoms with van der Waals surface area (Å²) in [7, 11) is 0. The maximum Gasteiger partial charge on any atom is 0.414 e. The molecule has 0 heterocycles. The van der Waals surface area contributed by atoms with Crippen molar-refractivity contribution in [1.29, 1.82) is 0 Å². The van der Waals surface area contributed by atoms with Gasteiger partial charge in [0.15, 0.2) is 0 Å². The van der Waals surface area contributed by atoms with E-state index in [2.05, 4.69) is 30.1 Å². The van der Waals surface area contributed by atoms with Crippen molar-refractivity contribution in [2.24, 2.45) is 0 Å². The molecule has 0 bridgehead atoms. The molecule has 7 nitrogen and oxygen atoms in total. The number of ether oxygens (including phenoxy) is 2. The number of aliphatic carboxylic acids is 2. The number of rotatable bonds is 10. The van der Waals surface area contributed by atoms with E-state index in [4.69, 9.17) is 29.3 Å². The molecule has 28 heavy (non-hydrogen) atoms. The first-order valence-corrected chi connectivity index (χ1v) is 8.69. The molecule has 0 amide bonds. The summed E-state index contributed by atoms with van der Waals surface area (Å²) in [6, 6.07) is 18.3. The van der Waals surface area contributed by atoms with E-state index in [1.165, 1.54) is 0 Å². The molecule has 0 aliphatic carbocycles. The van der Waals surface area contributed by atoms with Gasteiger partial charge in [-0.25, -0.2) is 9.59 Å². The van der Waals surface area contributed by atoms with Gasteiger partial charge in [-0.15, -0.1) is 6.58 Å². The standard InChI is InChI=1S/C19H23NO2.C2H2O4/c1-2-12-20-13-14-21-15-16-22-19-11-7-6-10-18(19)17-8-4-3-5-9-17;3-1(4)2(5)6/h2-11,20H,1,12-16H2;(H,3,4)(H,5,6). The Morgan fingerprint density at radius 2 is 1.57 bits per heavy atom. The van der Waals surface area contributed by atoms with Crippen LogP contribution in [0.5, 0.6) is 5.75 Å². The van der Waals surface area contributed by atoms with Crippen molar-refractivity contribution in [2.75, 3.05) is 32.9 Å². The smallest absolute Gasteiger partial charge is 0.414 e. The molecular formula is C21H25NO6. The van der Waals surface area contributed by atoms with Gasteiger partial charge >= 0.3 is 11.9 Å². The Kier molecular flexibility index (Phi) is 11.4. The lowest BCUT2D eigenvalue weighted by Crippen LogP contribution is -2.20. The molecule has 0 aliphatic rings. The van der Waals surface area contributed by atoms with E-state index in [1.54, 1.807) is 0 Å². The summed E-state index contributed by atoms with van der Waals surface area (Å²) in [5.74, 6) is -2.76. The molecule has 0 saturated heterocycles. The van der Waals surface area contributed by atoms with E-state index in [-0.39, 0.29) is 0 Å². The molecule has 0 spiro atoms. The second-order valence-electron chi connectivity index (χ2n) is 5.43. The number of benzene rings is 2. The van der Waals surface area contributed by atoms with Crippen molar-refractivity contribution >= 4 is 11.9 Å². The highest BCUT2D eigenvalue weighted by Gasteiger charge is 2.05. The van der Waals surface area contributed by atoms with Crippen LogP contribution in [0.2, 0.25) is 0 Å². The first kappa shape index (κ1) is 22.9. The number of hydrogen-bond acceptors (Lipinski definition) is 5. The number of carbonyl (C=O) groups is 2. The Labute approximate surface area is 164 Å². The average molecular weight is 387 g/mol. The highest BCUT2D eigenvalue weighted by Crippen LogP contribution is 2.29. The van der Waals surface area contributed by atoms with Gasteiger partial charge in [0, 0.05) is 18.7 Å². The number of nitrogens with one attached hydrogen (secondary N) is 1. The van der Waals surface area contributed by atoms with E-state index in [0.717, 1.165) is 30.0 Å². The predicted molar refractivity (Wildman–Crippen MR) is 107 cm³/mol. The van der Waals surface area contributed by atoms with Crippen LogP contribution in [0.25, 0.3) is 11.1 Å². The van der Waals surface area contributed by atoms with Gasteiger partial charge in [-0.2, -0.15) is 0 Å². The van der Waals surface area contributed by atoms with Crippen molar-refractivity contribution in [2.45, 2.75) is 0 Å². The van der Waals surface area contributed by atoms with Crippen molar-refractivity contribution in [3.8, 4) is 16.9 Å². The highest BCUT2D eigenvalue weighted by atomic mass is 16.5. The zero-order chi connectivity index (χ0) is 20.6. The molecule has 0 radical (unpaired) electrons. The molecule has 2 aromatic carbocycles. The fraction of sp³-hybridized carbons (Fsp3) is 0.238. The Balaban J connectivity index is 0.000000568. The maximum absolute atomic E-state index is 9.10. The maximum atomic E-state index is 9.10. The highest BCUT2D eigenvalue weighted by molar-refractivity contribution is 6.27. The molecule has 150 valence electrons. The first-order valence-electron chi connectivity index (χ1n) is 8.69. The number of para-hydroxylation sites is 1. The summed E-state index contributed by atoms with van der Waals surface area (Å²) >= 11 is 0. The summed E-state index contributed by atoms with van der Waals surface area (Å²) in [6.07, 6.45) is 1.84. The van der Waals surface area contributed by atoms with Gasteiger partial charge in [0.05, 0.1) is 13.2 Å². The fourth-order valence-electron chi connectivity index (χ4n) is 2.11. The van der Waals surface area contributed by atoms with Crippen molar-refractivity contribution in [3.05, 3.63) is 67.3 Å². The Morgan fingerprint density at radius 3 is 2.21 bits per heavy atom. The number of hydrogen-bond donors (Lipinski definition) is 3. The third-order valence-corrected chi connectivity index (χ3v) is 3.35. The van der Waals surface area contributed by atoms with Crippen LogP contribution in [0, 0.1) is 0 Å². The van der Waals surface area contributed by atoms with Gasteiger partial charge in [-0.1, -0.05) is 54.6 Å². The van der Waals surface area contributed by atoms with Crippen molar-refractivity contribution in [3.63, 3.8) is 0 Å². The molecular weight excluding hydrogens is 362 g/mol. The van der Waals surface area contributed by atoms with Gasteiger partial charge in [0.2, 0.25) is 0 Å². The van der Waals surface area contributed by atoms with Crippen LogP contribution in [-0.2, 0) is 14.3 Å². The van der Waals surface area contributed by atoms with Crippen molar-refractivity contribution in [1.82, 2.24) is 5.32 Å². The van der Waals surface area contributed by atoms with E-state index >= 15 is 0 Å². The third-order valence-electron chi connectivity index (χ3n) is 3.35. The predicted octanol–water partition coefficient (Wildman–Crippen LogP) is 2.68. The summed E-state index contributed by atoms with van der Waals surface area (Å²) in [4.78, 5) is 18.2. The van der Waals surface area contributed by atoms with Gasteiger partial charge in [0.1, 0.15) is 12.4 Å². The SMILES string of the molecule is C=CCNCCOCCOc1ccccc1-c1ccccc1.O=C(O)C(=O)O. The molecule has 2 rings (SSSR count). The van der Waals surface area contributed by atoms with Crippen LogP contribution in [0.4, 0.5) is 0 Å².